The van der Waals surface area contributed by atoms with E-state index in [1.165, 1.54) is 4.90 Å². The zero-order chi connectivity index (χ0) is 11.5. The van der Waals surface area contributed by atoms with Gasteiger partial charge in [0.25, 0.3) is 0 Å². The van der Waals surface area contributed by atoms with Crippen LogP contribution < -0.4 is 5.73 Å². The molecule has 16 heavy (non-hydrogen) atoms. The summed E-state index contributed by atoms with van der Waals surface area (Å²) in [6, 6.07) is 5.92. The Morgan fingerprint density at radius 3 is 3.00 bits per heavy atom. The first kappa shape index (κ1) is 12.2. The predicted molar refractivity (Wildman–Crippen MR) is 69.0 cm³/mol. The van der Waals surface area contributed by atoms with Crippen LogP contribution in [0, 0.1) is 0 Å². The van der Waals surface area contributed by atoms with Crippen LogP contribution in [0.3, 0.4) is 0 Å². The van der Waals surface area contributed by atoms with E-state index >= 15 is 0 Å². The van der Waals surface area contributed by atoms with Gasteiger partial charge in [-0.05, 0) is 37.1 Å². The van der Waals surface area contributed by atoms with E-state index in [0.717, 1.165) is 23.6 Å². The van der Waals surface area contributed by atoms with Crippen LogP contribution in [0.25, 0.3) is 0 Å². The summed E-state index contributed by atoms with van der Waals surface area (Å²) < 4.78 is 5.56. The van der Waals surface area contributed by atoms with E-state index < -0.39 is 0 Å². The number of thioether (sulfide) groups is 1. The Balaban J connectivity index is 2.14. The largest absolute Gasteiger partial charge is 0.377 e. The summed E-state index contributed by atoms with van der Waals surface area (Å²) in [6.07, 6.45) is 1.43. The van der Waals surface area contributed by atoms with Crippen molar-refractivity contribution in [3.8, 4) is 0 Å². The molecule has 0 amide bonds. The normalized spacial score (nSPS) is 24.9. The highest BCUT2D eigenvalue weighted by atomic mass is 35.5. The molecule has 2 rings (SSSR count). The highest BCUT2D eigenvalue weighted by Crippen LogP contribution is 2.35. The van der Waals surface area contributed by atoms with E-state index in [2.05, 4.69) is 13.0 Å². The summed E-state index contributed by atoms with van der Waals surface area (Å²) in [4.78, 5) is 1.23. The summed E-state index contributed by atoms with van der Waals surface area (Å²) in [5.74, 6) is 0. The maximum Gasteiger partial charge on any atom is 0.0669 e. The van der Waals surface area contributed by atoms with Crippen molar-refractivity contribution < 1.29 is 4.74 Å². The molecular weight excluding hydrogens is 242 g/mol. The summed E-state index contributed by atoms with van der Waals surface area (Å²) in [5, 5.41) is 1.28. The number of ether oxygens (including phenoxy) is 1. The number of halogens is 1. The molecule has 1 saturated heterocycles. The van der Waals surface area contributed by atoms with Crippen molar-refractivity contribution in [3.05, 3.63) is 28.8 Å². The molecule has 1 aliphatic rings. The minimum atomic E-state index is 0.325. The van der Waals surface area contributed by atoms with Gasteiger partial charge in [-0.15, -0.1) is 11.8 Å². The first-order valence-electron chi connectivity index (χ1n) is 5.47. The van der Waals surface area contributed by atoms with Crippen molar-refractivity contribution in [1.29, 1.82) is 0 Å². The monoisotopic (exact) mass is 257 g/mol. The van der Waals surface area contributed by atoms with Gasteiger partial charge in [0.05, 0.1) is 6.10 Å². The SMILES string of the molecule is CC1OCCC1Sc1ccc(Cl)cc1CN. The van der Waals surface area contributed by atoms with Crippen molar-refractivity contribution in [2.24, 2.45) is 5.73 Å². The molecule has 2 N–H and O–H groups in total. The number of hydrogen-bond acceptors (Lipinski definition) is 3. The van der Waals surface area contributed by atoms with Gasteiger partial charge in [-0.2, -0.15) is 0 Å². The van der Waals surface area contributed by atoms with Crippen LogP contribution in [0.5, 0.6) is 0 Å². The third-order valence-corrected chi connectivity index (χ3v) is 4.64. The fourth-order valence-electron chi connectivity index (χ4n) is 1.85. The molecular formula is C12H16ClNOS. The molecule has 0 spiro atoms. The molecule has 1 heterocycles. The van der Waals surface area contributed by atoms with Crippen LogP contribution in [-0.4, -0.2) is 18.0 Å². The summed E-state index contributed by atoms with van der Waals surface area (Å²) in [6.45, 7) is 3.53. The lowest BCUT2D eigenvalue weighted by atomic mass is 10.2. The molecule has 0 saturated carbocycles. The van der Waals surface area contributed by atoms with Crippen LogP contribution >= 0.6 is 23.4 Å². The van der Waals surface area contributed by atoms with Crippen molar-refractivity contribution in [1.82, 2.24) is 0 Å². The molecule has 2 unspecified atom stereocenters. The smallest absolute Gasteiger partial charge is 0.0669 e. The highest BCUT2D eigenvalue weighted by molar-refractivity contribution is 8.00. The number of hydrogen-bond donors (Lipinski definition) is 1. The van der Waals surface area contributed by atoms with Gasteiger partial charge in [0.15, 0.2) is 0 Å². The average Bonchev–Trinajstić information content (AvgIpc) is 2.67. The third-order valence-electron chi connectivity index (χ3n) is 2.83. The van der Waals surface area contributed by atoms with Gasteiger partial charge < -0.3 is 10.5 Å². The molecule has 0 bridgehead atoms. The maximum absolute atomic E-state index is 5.95. The molecule has 0 radical (unpaired) electrons. The first-order valence-corrected chi connectivity index (χ1v) is 6.73. The lowest BCUT2D eigenvalue weighted by Gasteiger charge is -2.15. The van der Waals surface area contributed by atoms with Crippen LogP contribution in [0.2, 0.25) is 5.02 Å². The molecule has 1 aromatic carbocycles. The Bertz CT molecular complexity index is 372. The number of rotatable bonds is 3. The van der Waals surface area contributed by atoms with Crippen LogP contribution in [-0.2, 0) is 11.3 Å². The zero-order valence-corrected chi connectivity index (χ0v) is 10.9. The summed E-state index contributed by atoms with van der Waals surface area (Å²) >= 11 is 7.81. The third kappa shape index (κ3) is 2.72. The van der Waals surface area contributed by atoms with Crippen molar-refractivity contribution in [3.63, 3.8) is 0 Å². The van der Waals surface area contributed by atoms with E-state index in [9.17, 15) is 0 Å². The Labute approximate surface area is 105 Å². The molecule has 4 heteroatoms. The molecule has 1 fully saturated rings. The van der Waals surface area contributed by atoms with Gasteiger partial charge >= 0.3 is 0 Å². The zero-order valence-electron chi connectivity index (χ0n) is 9.28. The van der Waals surface area contributed by atoms with Gasteiger partial charge in [0.2, 0.25) is 0 Å². The average molecular weight is 258 g/mol. The Morgan fingerprint density at radius 1 is 1.56 bits per heavy atom. The van der Waals surface area contributed by atoms with Gasteiger partial charge in [0.1, 0.15) is 0 Å². The van der Waals surface area contributed by atoms with Crippen LogP contribution in [0.4, 0.5) is 0 Å². The summed E-state index contributed by atoms with van der Waals surface area (Å²) in [5.41, 5.74) is 6.85. The van der Waals surface area contributed by atoms with Crippen LogP contribution in [0.1, 0.15) is 18.9 Å². The second kappa shape index (κ2) is 5.41. The van der Waals surface area contributed by atoms with E-state index in [-0.39, 0.29) is 0 Å². The second-order valence-electron chi connectivity index (χ2n) is 3.98. The van der Waals surface area contributed by atoms with Gasteiger partial charge in [-0.1, -0.05) is 11.6 Å². The lowest BCUT2D eigenvalue weighted by Crippen LogP contribution is -2.13. The van der Waals surface area contributed by atoms with E-state index in [1.807, 2.05) is 23.9 Å². The van der Waals surface area contributed by atoms with E-state index in [1.54, 1.807) is 0 Å². The maximum atomic E-state index is 5.95. The van der Waals surface area contributed by atoms with Crippen molar-refractivity contribution >= 4 is 23.4 Å². The Morgan fingerprint density at radius 2 is 2.38 bits per heavy atom. The molecule has 1 aliphatic heterocycles. The highest BCUT2D eigenvalue weighted by Gasteiger charge is 2.25. The second-order valence-corrected chi connectivity index (χ2v) is 5.69. The summed E-state index contributed by atoms with van der Waals surface area (Å²) in [7, 11) is 0. The molecule has 1 aromatic rings. The molecule has 0 aromatic heterocycles. The number of benzene rings is 1. The van der Waals surface area contributed by atoms with Crippen molar-refractivity contribution in [2.75, 3.05) is 6.61 Å². The van der Waals surface area contributed by atoms with Crippen molar-refractivity contribution in [2.45, 2.75) is 36.1 Å². The van der Waals surface area contributed by atoms with Crippen LogP contribution in [0.15, 0.2) is 23.1 Å². The molecule has 88 valence electrons. The predicted octanol–water partition coefficient (Wildman–Crippen LogP) is 3.07. The van der Waals surface area contributed by atoms with Gasteiger partial charge in [-0.25, -0.2) is 0 Å². The minimum Gasteiger partial charge on any atom is -0.377 e. The van der Waals surface area contributed by atoms with E-state index in [0.29, 0.717) is 17.9 Å². The molecule has 0 aliphatic carbocycles. The standard InChI is InChI=1S/C12H16ClNOS/c1-8-11(4-5-15-8)16-12-3-2-10(13)6-9(12)7-14/h2-3,6,8,11H,4-5,7,14H2,1H3. The minimum absolute atomic E-state index is 0.325. The van der Waals surface area contributed by atoms with Gasteiger partial charge in [-0.3, -0.25) is 0 Å². The Kier molecular flexibility index (Phi) is 4.14. The Hall–Kier alpha value is -0.220. The first-order chi connectivity index (χ1) is 7.70. The van der Waals surface area contributed by atoms with E-state index in [4.69, 9.17) is 22.1 Å². The molecule has 2 nitrogen and oxygen atoms in total. The lowest BCUT2D eigenvalue weighted by molar-refractivity contribution is 0.127. The number of nitrogens with two attached hydrogens (primary N) is 1. The topological polar surface area (TPSA) is 35.2 Å². The fourth-order valence-corrected chi connectivity index (χ4v) is 3.30. The van der Waals surface area contributed by atoms with Gasteiger partial charge in [0, 0.05) is 28.3 Å². The quantitative estimate of drug-likeness (QED) is 0.904. The fraction of sp³-hybridized carbons (Fsp3) is 0.500. The molecule has 2 atom stereocenters.